The fourth-order valence-electron chi connectivity index (χ4n) is 1.04. The second-order valence-electron chi connectivity index (χ2n) is 4.12. The Morgan fingerprint density at radius 2 is 1.29 bits per heavy atom. The molecular weight excluding hydrogens is 212 g/mol. The van der Waals surface area contributed by atoms with Gasteiger partial charge in [-0.1, -0.05) is 26.1 Å². The van der Waals surface area contributed by atoms with Gasteiger partial charge in [-0.15, -0.1) is 12.6 Å². The van der Waals surface area contributed by atoms with Gasteiger partial charge in [0.15, 0.2) is 0 Å². The van der Waals surface area contributed by atoms with Gasteiger partial charge in [0.1, 0.15) is 4.32 Å². The molecule has 0 aromatic heterocycles. The van der Waals surface area contributed by atoms with E-state index < -0.39 is 0 Å². The maximum atomic E-state index is 5.11. The van der Waals surface area contributed by atoms with E-state index in [-0.39, 0.29) is 0 Å². The first-order valence-electron chi connectivity index (χ1n) is 4.97. The van der Waals surface area contributed by atoms with Gasteiger partial charge in [0, 0.05) is 12.1 Å². The summed E-state index contributed by atoms with van der Waals surface area (Å²) in [6, 6.07) is 1.23. The van der Waals surface area contributed by atoms with Crippen molar-refractivity contribution < 1.29 is 0 Å². The summed E-state index contributed by atoms with van der Waals surface area (Å²) in [7, 11) is 0. The number of nitrogens with two attached hydrogens (primary N) is 1. The molecule has 86 valence electrons. The number of hydrogen-bond donors (Lipinski definition) is 2. The Kier molecular flexibility index (Phi) is 10.1. The Morgan fingerprint density at radius 3 is 1.29 bits per heavy atom. The molecule has 0 aliphatic carbocycles. The topological polar surface area (TPSA) is 29.3 Å². The SMILES string of the molecule is CC(C)N.CC(C)N(C(=S)S)C(C)C. The quantitative estimate of drug-likeness (QED) is 0.570. The molecule has 0 unspecified atom stereocenters. The average molecular weight is 236 g/mol. The van der Waals surface area contributed by atoms with E-state index in [9.17, 15) is 0 Å². The first-order valence-corrected chi connectivity index (χ1v) is 5.82. The third-order valence-electron chi connectivity index (χ3n) is 1.33. The van der Waals surface area contributed by atoms with Crippen LogP contribution in [-0.4, -0.2) is 27.3 Å². The highest BCUT2D eigenvalue weighted by Crippen LogP contribution is 2.08. The zero-order chi connectivity index (χ0) is 11.9. The molecule has 0 bridgehead atoms. The lowest BCUT2D eigenvalue weighted by atomic mass is 10.2. The van der Waals surface area contributed by atoms with Gasteiger partial charge in [-0.2, -0.15) is 0 Å². The van der Waals surface area contributed by atoms with Crippen LogP contribution in [0.1, 0.15) is 41.5 Å². The van der Waals surface area contributed by atoms with Gasteiger partial charge in [0.2, 0.25) is 0 Å². The smallest absolute Gasteiger partial charge is 0.133 e. The Balaban J connectivity index is 0. The van der Waals surface area contributed by atoms with Crippen LogP contribution in [0.25, 0.3) is 0 Å². The fourth-order valence-corrected chi connectivity index (χ4v) is 1.92. The zero-order valence-electron chi connectivity index (χ0n) is 10.1. The summed E-state index contributed by atoms with van der Waals surface area (Å²) in [5, 5.41) is 0. The molecule has 0 spiro atoms. The molecule has 4 heteroatoms. The maximum absolute atomic E-state index is 5.11. The van der Waals surface area contributed by atoms with E-state index in [4.69, 9.17) is 18.0 Å². The van der Waals surface area contributed by atoms with Crippen LogP contribution in [-0.2, 0) is 0 Å². The minimum absolute atomic E-state index is 0.333. The van der Waals surface area contributed by atoms with Crippen LogP contribution in [0.4, 0.5) is 0 Å². The monoisotopic (exact) mass is 236 g/mol. The summed E-state index contributed by atoms with van der Waals surface area (Å²) in [6.45, 7) is 12.3. The number of thiocarbonyl (C=S) groups is 1. The first-order chi connectivity index (χ1) is 6.20. The van der Waals surface area contributed by atoms with E-state index in [0.717, 1.165) is 0 Å². The molecule has 0 fully saturated rings. The van der Waals surface area contributed by atoms with E-state index in [1.54, 1.807) is 0 Å². The van der Waals surface area contributed by atoms with Crippen molar-refractivity contribution in [2.75, 3.05) is 0 Å². The summed E-state index contributed by atoms with van der Waals surface area (Å²) in [5.74, 6) is 0. The molecule has 0 saturated heterocycles. The number of hydrogen-bond acceptors (Lipinski definition) is 2. The van der Waals surface area contributed by atoms with Crippen molar-refractivity contribution in [3.63, 3.8) is 0 Å². The normalized spacial score (nSPS) is 10.2. The van der Waals surface area contributed by atoms with Crippen LogP contribution in [0, 0.1) is 0 Å². The van der Waals surface area contributed by atoms with Gasteiger partial charge < -0.3 is 10.6 Å². The van der Waals surface area contributed by atoms with Crippen LogP contribution in [0.2, 0.25) is 0 Å². The predicted molar refractivity (Wildman–Crippen MR) is 73.0 cm³/mol. The van der Waals surface area contributed by atoms with Crippen molar-refractivity contribution in [3.8, 4) is 0 Å². The highest BCUT2D eigenvalue weighted by atomic mass is 32.1. The van der Waals surface area contributed by atoms with Gasteiger partial charge in [0.05, 0.1) is 0 Å². The second-order valence-corrected chi connectivity index (χ2v) is 5.23. The van der Waals surface area contributed by atoms with Crippen molar-refractivity contribution in [2.24, 2.45) is 5.73 Å². The van der Waals surface area contributed by atoms with Crippen molar-refractivity contribution >= 4 is 29.2 Å². The molecule has 0 rings (SSSR count). The minimum Gasteiger partial charge on any atom is -0.353 e. The summed E-state index contributed by atoms with van der Waals surface area (Å²) in [5.41, 5.74) is 5.11. The highest BCUT2D eigenvalue weighted by molar-refractivity contribution is 8.10. The molecule has 0 amide bonds. The molecular formula is C10H24N2S2. The molecule has 0 aliphatic heterocycles. The Morgan fingerprint density at radius 1 is 1.07 bits per heavy atom. The maximum Gasteiger partial charge on any atom is 0.133 e. The number of thiol groups is 1. The molecule has 2 N–H and O–H groups in total. The van der Waals surface area contributed by atoms with Crippen LogP contribution < -0.4 is 5.73 Å². The predicted octanol–water partition coefficient (Wildman–Crippen LogP) is 2.67. The lowest BCUT2D eigenvalue weighted by molar-refractivity contribution is 0.303. The highest BCUT2D eigenvalue weighted by Gasteiger charge is 2.12. The zero-order valence-corrected chi connectivity index (χ0v) is 11.8. The third kappa shape index (κ3) is 10.3. The van der Waals surface area contributed by atoms with Gasteiger partial charge >= 0.3 is 0 Å². The molecule has 0 aromatic carbocycles. The van der Waals surface area contributed by atoms with Crippen LogP contribution in [0.3, 0.4) is 0 Å². The molecule has 0 heterocycles. The van der Waals surface area contributed by atoms with Gasteiger partial charge in [-0.05, 0) is 33.7 Å². The third-order valence-corrected chi connectivity index (χ3v) is 1.78. The lowest BCUT2D eigenvalue weighted by Crippen LogP contribution is -2.38. The summed E-state index contributed by atoms with van der Waals surface area (Å²) < 4.78 is 0.685. The molecule has 0 aromatic rings. The largest absolute Gasteiger partial charge is 0.353 e. The van der Waals surface area contributed by atoms with Gasteiger partial charge in [-0.3, -0.25) is 0 Å². The van der Waals surface area contributed by atoms with Gasteiger partial charge in [0.25, 0.3) is 0 Å². The molecule has 0 aliphatic rings. The van der Waals surface area contributed by atoms with Crippen LogP contribution in [0.5, 0.6) is 0 Å². The molecule has 0 saturated carbocycles. The fraction of sp³-hybridized carbons (Fsp3) is 0.900. The first kappa shape index (κ1) is 16.6. The average Bonchev–Trinajstić information content (AvgIpc) is 1.80. The van der Waals surface area contributed by atoms with E-state index in [0.29, 0.717) is 22.4 Å². The summed E-state index contributed by atoms with van der Waals surface area (Å²) in [4.78, 5) is 2.10. The minimum atomic E-state index is 0.333. The van der Waals surface area contributed by atoms with E-state index in [1.807, 2.05) is 13.8 Å². The van der Waals surface area contributed by atoms with Crippen molar-refractivity contribution in [1.82, 2.24) is 4.90 Å². The summed E-state index contributed by atoms with van der Waals surface area (Å²) >= 11 is 9.09. The Labute approximate surface area is 99.6 Å². The Bertz CT molecular complexity index is 145. The van der Waals surface area contributed by atoms with Gasteiger partial charge in [-0.25, -0.2) is 0 Å². The molecule has 0 atom stereocenters. The molecule has 0 radical (unpaired) electrons. The Hall–Kier alpha value is 0.200. The van der Waals surface area contributed by atoms with Crippen molar-refractivity contribution in [3.05, 3.63) is 0 Å². The van der Waals surface area contributed by atoms with Crippen LogP contribution in [0.15, 0.2) is 0 Å². The van der Waals surface area contributed by atoms with E-state index >= 15 is 0 Å². The van der Waals surface area contributed by atoms with E-state index in [1.165, 1.54) is 0 Å². The standard InChI is InChI=1S/C7H15NS2.C3H9N/c1-5(2)8(6(3)4)7(9)10;1-3(2)4/h5-6H,1-4H3,(H,9,10);3H,4H2,1-2H3. The number of nitrogens with zero attached hydrogens (tertiary/aromatic N) is 1. The van der Waals surface area contributed by atoms with Crippen molar-refractivity contribution in [1.29, 1.82) is 0 Å². The van der Waals surface area contributed by atoms with E-state index in [2.05, 4.69) is 45.2 Å². The molecule has 14 heavy (non-hydrogen) atoms. The second kappa shape index (κ2) is 8.50. The number of rotatable bonds is 2. The molecule has 2 nitrogen and oxygen atoms in total. The van der Waals surface area contributed by atoms with Crippen LogP contribution >= 0.6 is 24.8 Å². The summed E-state index contributed by atoms with van der Waals surface area (Å²) in [6.07, 6.45) is 0. The lowest BCUT2D eigenvalue weighted by Gasteiger charge is -2.30. The van der Waals surface area contributed by atoms with Crippen molar-refractivity contribution in [2.45, 2.75) is 59.7 Å².